The van der Waals surface area contributed by atoms with Crippen LogP contribution in [-0.4, -0.2) is 55.0 Å². The van der Waals surface area contributed by atoms with E-state index < -0.39 is 0 Å². The zero-order valence-electron chi connectivity index (χ0n) is 19.1. The van der Waals surface area contributed by atoms with Crippen molar-refractivity contribution in [2.75, 3.05) is 38.6 Å². The molecule has 1 N–H and O–H groups in total. The molecule has 0 bridgehead atoms. The fourth-order valence-electron chi connectivity index (χ4n) is 3.93. The molecule has 2 aromatic carbocycles. The number of anilines is 1. The molecule has 1 aliphatic rings. The van der Waals surface area contributed by atoms with E-state index in [0.29, 0.717) is 49.3 Å². The van der Waals surface area contributed by atoms with E-state index in [2.05, 4.69) is 51.2 Å². The minimum absolute atomic E-state index is 0.0359. The van der Waals surface area contributed by atoms with Crippen molar-refractivity contribution >= 4 is 17.6 Å². The molecule has 3 rings (SSSR count). The summed E-state index contributed by atoms with van der Waals surface area (Å²) in [6.45, 7) is 10.6. The summed E-state index contributed by atoms with van der Waals surface area (Å²) in [5.41, 5.74) is 3.81. The van der Waals surface area contributed by atoms with Crippen LogP contribution < -0.4 is 10.1 Å². The van der Waals surface area contributed by atoms with Gasteiger partial charge in [-0.2, -0.15) is 0 Å². The van der Waals surface area contributed by atoms with Gasteiger partial charge in [0.25, 0.3) is 5.91 Å². The number of amides is 3. The van der Waals surface area contributed by atoms with Crippen molar-refractivity contribution in [1.82, 2.24) is 9.80 Å². The van der Waals surface area contributed by atoms with Crippen LogP contribution in [0.15, 0.2) is 42.5 Å². The van der Waals surface area contributed by atoms with Crippen molar-refractivity contribution in [3.63, 3.8) is 0 Å². The van der Waals surface area contributed by atoms with Gasteiger partial charge in [-0.25, -0.2) is 4.79 Å². The van der Waals surface area contributed by atoms with Gasteiger partial charge in [-0.15, -0.1) is 0 Å². The van der Waals surface area contributed by atoms with Gasteiger partial charge >= 0.3 is 6.03 Å². The number of nitrogens with zero attached hydrogens (tertiary/aromatic N) is 2. The molecular weight excluding hydrogens is 390 g/mol. The quantitative estimate of drug-likeness (QED) is 0.742. The third-order valence-electron chi connectivity index (χ3n) is 5.78. The van der Waals surface area contributed by atoms with Crippen LogP contribution in [0.25, 0.3) is 0 Å². The lowest BCUT2D eigenvalue weighted by atomic mass is 9.93. The van der Waals surface area contributed by atoms with E-state index in [4.69, 9.17) is 4.74 Å². The minimum atomic E-state index is -0.108. The number of para-hydroxylation sites is 1. The lowest BCUT2D eigenvalue weighted by molar-refractivity contribution is 0.0671. The van der Waals surface area contributed by atoms with Gasteiger partial charge in [0.05, 0.1) is 7.11 Å². The Balaban J connectivity index is 1.67. The van der Waals surface area contributed by atoms with E-state index in [1.807, 2.05) is 12.1 Å². The maximum absolute atomic E-state index is 13.0. The number of piperazine rings is 1. The molecule has 1 aliphatic heterocycles. The second kappa shape index (κ2) is 9.86. The number of carbonyl (C=O) groups excluding carboxylic acids is 2. The Labute approximate surface area is 185 Å². The molecule has 0 atom stereocenters. The van der Waals surface area contributed by atoms with Crippen molar-refractivity contribution in [3.8, 4) is 5.75 Å². The summed E-state index contributed by atoms with van der Waals surface area (Å²) >= 11 is 0. The highest BCUT2D eigenvalue weighted by molar-refractivity contribution is 5.95. The molecule has 0 unspecified atom stereocenters. The number of rotatable bonds is 5. The smallest absolute Gasteiger partial charge is 0.321 e. The Morgan fingerprint density at radius 3 is 1.97 bits per heavy atom. The topological polar surface area (TPSA) is 61.9 Å². The van der Waals surface area contributed by atoms with Gasteiger partial charge in [-0.05, 0) is 41.2 Å². The van der Waals surface area contributed by atoms with E-state index >= 15 is 0 Å². The summed E-state index contributed by atoms with van der Waals surface area (Å²) in [4.78, 5) is 29.4. The van der Waals surface area contributed by atoms with Gasteiger partial charge in [-0.1, -0.05) is 52.0 Å². The van der Waals surface area contributed by atoms with Crippen LogP contribution in [-0.2, 0) is 0 Å². The van der Waals surface area contributed by atoms with Gasteiger partial charge in [0.15, 0.2) is 0 Å². The number of hydrogen-bond donors (Lipinski definition) is 1. The van der Waals surface area contributed by atoms with Crippen LogP contribution >= 0.6 is 0 Å². The van der Waals surface area contributed by atoms with Crippen molar-refractivity contribution in [3.05, 3.63) is 59.2 Å². The molecule has 0 aromatic heterocycles. The monoisotopic (exact) mass is 423 g/mol. The Kier molecular flexibility index (Phi) is 7.21. The van der Waals surface area contributed by atoms with Gasteiger partial charge in [0, 0.05) is 37.4 Å². The zero-order valence-corrected chi connectivity index (χ0v) is 19.1. The number of urea groups is 1. The molecule has 0 saturated carbocycles. The highest BCUT2D eigenvalue weighted by Gasteiger charge is 2.26. The summed E-state index contributed by atoms with van der Waals surface area (Å²) in [6, 6.07) is 13.3. The minimum Gasteiger partial charge on any atom is -0.497 e. The van der Waals surface area contributed by atoms with Crippen LogP contribution in [0.2, 0.25) is 0 Å². The number of methoxy groups -OCH3 is 1. The molecule has 0 radical (unpaired) electrons. The van der Waals surface area contributed by atoms with E-state index in [-0.39, 0.29) is 11.9 Å². The van der Waals surface area contributed by atoms with Gasteiger partial charge in [-0.3, -0.25) is 4.79 Å². The van der Waals surface area contributed by atoms with Crippen LogP contribution in [0.4, 0.5) is 10.5 Å². The Bertz CT molecular complexity index is 905. The first kappa shape index (κ1) is 22.7. The molecule has 1 saturated heterocycles. The highest BCUT2D eigenvalue weighted by Crippen LogP contribution is 2.32. The molecule has 1 heterocycles. The Morgan fingerprint density at radius 1 is 0.871 bits per heavy atom. The summed E-state index contributed by atoms with van der Waals surface area (Å²) in [7, 11) is 1.59. The van der Waals surface area contributed by atoms with Crippen molar-refractivity contribution in [2.45, 2.75) is 39.5 Å². The van der Waals surface area contributed by atoms with Crippen LogP contribution in [0.3, 0.4) is 0 Å². The first-order valence-electron chi connectivity index (χ1n) is 10.9. The largest absolute Gasteiger partial charge is 0.497 e. The molecule has 1 fully saturated rings. The maximum Gasteiger partial charge on any atom is 0.321 e. The average molecular weight is 424 g/mol. The molecule has 6 heteroatoms. The highest BCUT2D eigenvalue weighted by atomic mass is 16.5. The van der Waals surface area contributed by atoms with Crippen LogP contribution in [0, 0.1) is 0 Å². The SMILES string of the molecule is COc1cccc(C(=O)N2CCN(C(=O)Nc3c(C(C)C)cccc3C(C)C)CC2)c1. The molecule has 0 spiro atoms. The second-order valence-electron chi connectivity index (χ2n) is 8.56. The standard InChI is InChI=1S/C25H33N3O3/c1-17(2)21-10-7-11-22(18(3)4)23(21)26-25(30)28-14-12-27(13-15-28)24(29)19-8-6-9-20(16-19)31-5/h6-11,16-18H,12-15H2,1-5H3,(H,26,30). The van der Waals surface area contributed by atoms with Gasteiger partial charge in [0.2, 0.25) is 0 Å². The molecule has 6 nitrogen and oxygen atoms in total. The van der Waals surface area contributed by atoms with Gasteiger partial charge in [0.1, 0.15) is 5.75 Å². The van der Waals surface area contributed by atoms with Crippen LogP contribution in [0.5, 0.6) is 5.75 Å². The van der Waals surface area contributed by atoms with Crippen LogP contribution in [0.1, 0.15) is 61.0 Å². The fourth-order valence-corrected chi connectivity index (χ4v) is 3.93. The average Bonchev–Trinajstić information content (AvgIpc) is 2.78. The molecule has 0 aliphatic carbocycles. The molecule has 2 aromatic rings. The predicted octanol–water partition coefficient (Wildman–Crippen LogP) is 4.93. The number of nitrogens with one attached hydrogen (secondary N) is 1. The molecule has 3 amide bonds. The maximum atomic E-state index is 13.0. The summed E-state index contributed by atoms with van der Waals surface area (Å²) < 4.78 is 5.22. The lowest BCUT2D eigenvalue weighted by Gasteiger charge is -2.35. The Morgan fingerprint density at radius 2 is 1.42 bits per heavy atom. The fraction of sp³-hybridized carbons (Fsp3) is 0.440. The number of hydrogen-bond acceptors (Lipinski definition) is 3. The first-order valence-corrected chi connectivity index (χ1v) is 10.9. The first-order chi connectivity index (χ1) is 14.8. The Hall–Kier alpha value is -3.02. The third-order valence-corrected chi connectivity index (χ3v) is 5.78. The van der Waals surface area contributed by atoms with Crippen molar-refractivity contribution < 1.29 is 14.3 Å². The summed E-state index contributed by atoms with van der Waals surface area (Å²) in [5, 5.41) is 3.17. The number of ether oxygens (including phenoxy) is 1. The van der Waals surface area contributed by atoms with E-state index in [1.165, 1.54) is 0 Å². The van der Waals surface area contributed by atoms with E-state index in [9.17, 15) is 9.59 Å². The van der Waals surface area contributed by atoms with E-state index in [1.54, 1.807) is 29.0 Å². The second-order valence-corrected chi connectivity index (χ2v) is 8.56. The third kappa shape index (κ3) is 5.19. The normalized spacial score (nSPS) is 14.2. The predicted molar refractivity (Wildman–Crippen MR) is 124 cm³/mol. The summed E-state index contributed by atoms with van der Waals surface area (Å²) in [6.07, 6.45) is 0. The number of benzene rings is 2. The zero-order chi connectivity index (χ0) is 22.5. The summed E-state index contributed by atoms with van der Waals surface area (Å²) in [5.74, 6) is 1.25. The van der Waals surface area contributed by atoms with E-state index in [0.717, 1.165) is 16.8 Å². The molecular formula is C25H33N3O3. The molecule has 31 heavy (non-hydrogen) atoms. The number of carbonyl (C=O) groups is 2. The molecule has 166 valence electrons. The van der Waals surface area contributed by atoms with Gasteiger partial charge < -0.3 is 19.9 Å². The van der Waals surface area contributed by atoms with Crippen molar-refractivity contribution in [2.24, 2.45) is 0 Å². The van der Waals surface area contributed by atoms with Crippen molar-refractivity contribution in [1.29, 1.82) is 0 Å². The lowest BCUT2D eigenvalue weighted by Crippen LogP contribution is -2.51.